The standard InChI is InChI=1S/C26H32FN3O3/c1-33-24-5-3-2-4-21(24)18-29-14-12-23(13-15-29)28-25(31)19-10-16-30(17-11-19)26(32)20-6-8-22(27)9-7-20/h2-9,19,23H,10-18H2,1H3,(H,28,31). The van der Waals surface area contributed by atoms with E-state index in [4.69, 9.17) is 4.74 Å². The van der Waals surface area contributed by atoms with Crippen LogP contribution in [0.5, 0.6) is 5.75 Å². The maximum absolute atomic E-state index is 13.1. The van der Waals surface area contributed by atoms with Crippen molar-refractivity contribution >= 4 is 11.8 Å². The third-order valence-electron chi connectivity index (χ3n) is 6.76. The number of amides is 2. The van der Waals surface area contributed by atoms with E-state index in [1.54, 1.807) is 12.0 Å². The molecular weight excluding hydrogens is 421 g/mol. The quantitative estimate of drug-likeness (QED) is 0.728. The number of benzene rings is 2. The lowest BCUT2D eigenvalue weighted by atomic mass is 9.94. The van der Waals surface area contributed by atoms with Gasteiger partial charge in [0.15, 0.2) is 0 Å². The summed E-state index contributed by atoms with van der Waals surface area (Å²) in [6.45, 7) is 3.82. The minimum Gasteiger partial charge on any atom is -0.496 e. The van der Waals surface area contributed by atoms with Crippen molar-refractivity contribution in [2.75, 3.05) is 33.3 Å². The first-order chi connectivity index (χ1) is 16.0. The molecule has 0 atom stereocenters. The average Bonchev–Trinajstić information content (AvgIpc) is 2.85. The Morgan fingerprint density at radius 2 is 1.64 bits per heavy atom. The first-order valence-electron chi connectivity index (χ1n) is 11.7. The lowest BCUT2D eigenvalue weighted by Gasteiger charge is -2.35. The first-order valence-corrected chi connectivity index (χ1v) is 11.7. The van der Waals surface area contributed by atoms with Gasteiger partial charge in [-0.3, -0.25) is 14.5 Å². The van der Waals surface area contributed by atoms with Crippen molar-refractivity contribution in [3.8, 4) is 5.75 Å². The van der Waals surface area contributed by atoms with Gasteiger partial charge in [0.25, 0.3) is 5.91 Å². The molecule has 7 heteroatoms. The zero-order valence-corrected chi connectivity index (χ0v) is 19.1. The van der Waals surface area contributed by atoms with Crippen LogP contribution in [-0.4, -0.2) is 60.9 Å². The predicted octanol–water partition coefficient (Wildman–Crippen LogP) is 3.47. The third-order valence-corrected chi connectivity index (χ3v) is 6.76. The fourth-order valence-electron chi connectivity index (χ4n) is 4.75. The van der Waals surface area contributed by atoms with Crippen LogP contribution in [0.4, 0.5) is 4.39 Å². The Kier molecular flexibility index (Phi) is 7.60. The molecule has 0 bridgehead atoms. The minimum absolute atomic E-state index is 0.0612. The van der Waals surface area contributed by atoms with E-state index in [2.05, 4.69) is 16.3 Å². The van der Waals surface area contributed by atoms with Gasteiger partial charge in [0.2, 0.25) is 5.91 Å². The molecule has 2 saturated heterocycles. The number of para-hydroxylation sites is 1. The minimum atomic E-state index is -0.354. The lowest BCUT2D eigenvalue weighted by molar-refractivity contribution is -0.127. The van der Waals surface area contributed by atoms with Gasteiger partial charge in [-0.15, -0.1) is 0 Å². The molecule has 0 spiro atoms. The van der Waals surface area contributed by atoms with Crippen LogP contribution >= 0.6 is 0 Å². The molecule has 2 amide bonds. The smallest absolute Gasteiger partial charge is 0.253 e. The molecule has 2 heterocycles. The average molecular weight is 454 g/mol. The third kappa shape index (κ3) is 5.90. The summed E-state index contributed by atoms with van der Waals surface area (Å²) in [6, 6.07) is 13.9. The molecule has 2 aliphatic rings. The molecule has 4 rings (SSSR count). The Labute approximate surface area is 194 Å². The zero-order valence-electron chi connectivity index (χ0n) is 19.1. The van der Waals surface area contributed by atoms with E-state index in [0.29, 0.717) is 31.5 Å². The van der Waals surface area contributed by atoms with Crippen LogP contribution in [0.15, 0.2) is 48.5 Å². The number of nitrogens with zero attached hydrogens (tertiary/aromatic N) is 2. The molecule has 0 radical (unpaired) electrons. The van der Waals surface area contributed by atoms with Gasteiger partial charge in [-0.2, -0.15) is 0 Å². The molecular formula is C26H32FN3O3. The molecule has 6 nitrogen and oxygen atoms in total. The van der Waals surface area contributed by atoms with E-state index < -0.39 is 0 Å². The van der Waals surface area contributed by atoms with Crippen LogP contribution < -0.4 is 10.1 Å². The Balaban J connectivity index is 1.20. The number of halogens is 1. The highest BCUT2D eigenvalue weighted by molar-refractivity contribution is 5.94. The molecule has 1 N–H and O–H groups in total. The number of hydrogen-bond donors (Lipinski definition) is 1. The number of rotatable bonds is 6. The summed E-state index contributed by atoms with van der Waals surface area (Å²) < 4.78 is 18.6. The maximum atomic E-state index is 13.1. The largest absolute Gasteiger partial charge is 0.496 e. The first kappa shape index (κ1) is 23.2. The number of piperidine rings is 2. The molecule has 2 aromatic rings. The predicted molar refractivity (Wildman–Crippen MR) is 124 cm³/mol. The molecule has 0 aliphatic carbocycles. The van der Waals surface area contributed by atoms with Crippen LogP contribution in [0.3, 0.4) is 0 Å². The summed E-state index contributed by atoms with van der Waals surface area (Å²) in [5, 5.41) is 3.24. The molecule has 2 fully saturated rings. The highest BCUT2D eigenvalue weighted by atomic mass is 19.1. The van der Waals surface area contributed by atoms with Crippen LogP contribution in [0.25, 0.3) is 0 Å². The number of hydrogen-bond acceptors (Lipinski definition) is 4. The van der Waals surface area contributed by atoms with Crippen LogP contribution in [0.2, 0.25) is 0 Å². The van der Waals surface area contributed by atoms with Crippen LogP contribution in [-0.2, 0) is 11.3 Å². The fraction of sp³-hybridized carbons (Fsp3) is 0.462. The molecule has 33 heavy (non-hydrogen) atoms. The van der Waals surface area contributed by atoms with Crippen molar-refractivity contribution in [3.63, 3.8) is 0 Å². The molecule has 2 aromatic carbocycles. The van der Waals surface area contributed by atoms with Crippen molar-refractivity contribution in [2.24, 2.45) is 5.92 Å². The Bertz CT molecular complexity index is 950. The summed E-state index contributed by atoms with van der Waals surface area (Å²) in [4.78, 5) is 29.6. The summed E-state index contributed by atoms with van der Waals surface area (Å²) >= 11 is 0. The van der Waals surface area contributed by atoms with Gasteiger partial charge in [-0.1, -0.05) is 18.2 Å². The van der Waals surface area contributed by atoms with Gasteiger partial charge in [-0.25, -0.2) is 4.39 Å². The van der Waals surface area contributed by atoms with Crippen molar-refractivity contribution in [2.45, 2.75) is 38.3 Å². The summed E-state index contributed by atoms with van der Waals surface area (Å²) in [5.74, 6) is 0.502. The lowest BCUT2D eigenvalue weighted by Crippen LogP contribution is -2.48. The van der Waals surface area contributed by atoms with Crippen LogP contribution in [0.1, 0.15) is 41.6 Å². The Morgan fingerprint density at radius 1 is 0.970 bits per heavy atom. The number of ether oxygens (including phenoxy) is 1. The summed E-state index contributed by atoms with van der Waals surface area (Å²) in [6.07, 6.45) is 3.18. The highest BCUT2D eigenvalue weighted by Gasteiger charge is 2.30. The molecule has 0 saturated carbocycles. The van der Waals surface area contributed by atoms with Gasteiger partial charge < -0.3 is 15.0 Å². The number of likely N-dealkylation sites (tertiary alicyclic amines) is 2. The van der Waals surface area contributed by atoms with Crippen molar-refractivity contribution < 1.29 is 18.7 Å². The van der Waals surface area contributed by atoms with E-state index in [9.17, 15) is 14.0 Å². The summed E-state index contributed by atoms with van der Waals surface area (Å²) in [5.41, 5.74) is 1.67. The van der Waals surface area contributed by atoms with Gasteiger partial charge in [-0.05, 0) is 56.0 Å². The molecule has 176 valence electrons. The van der Waals surface area contributed by atoms with Gasteiger partial charge in [0, 0.05) is 55.8 Å². The van der Waals surface area contributed by atoms with E-state index in [1.165, 1.54) is 29.8 Å². The molecule has 0 unspecified atom stereocenters. The number of carbonyl (C=O) groups excluding carboxylic acids is 2. The van der Waals surface area contributed by atoms with E-state index in [0.717, 1.165) is 38.2 Å². The highest BCUT2D eigenvalue weighted by Crippen LogP contribution is 2.23. The zero-order chi connectivity index (χ0) is 23.2. The topological polar surface area (TPSA) is 61.9 Å². The second kappa shape index (κ2) is 10.8. The van der Waals surface area contributed by atoms with E-state index in [1.807, 2.05) is 18.2 Å². The number of carbonyl (C=O) groups is 2. The number of methoxy groups -OCH3 is 1. The number of nitrogens with one attached hydrogen (secondary N) is 1. The maximum Gasteiger partial charge on any atom is 0.253 e. The van der Waals surface area contributed by atoms with Gasteiger partial charge in [0.05, 0.1) is 7.11 Å². The normalized spacial score (nSPS) is 18.2. The Morgan fingerprint density at radius 3 is 2.30 bits per heavy atom. The van der Waals surface area contributed by atoms with Gasteiger partial charge >= 0.3 is 0 Å². The second-order valence-corrected chi connectivity index (χ2v) is 8.94. The van der Waals surface area contributed by atoms with Crippen molar-refractivity contribution in [1.29, 1.82) is 0 Å². The van der Waals surface area contributed by atoms with E-state index >= 15 is 0 Å². The SMILES string of the molecule is COc1ccccc1CN1CCC(NC(=O)C2CCN(C(=O)c3ccc(F)cc3)CC2)CC1. The van der Waals surface area contributed by atoms with Crippen molar-refractivity contribution in [1.82, 2.24) is 15.1 Å². The fourth-order valence-corrected chi connectivity index (χ4v) is 4.75. The van der Waals surface area contributed by atoms with Gasteiger partial charge in [0.1, 0.15) is 11.6 Å². The Hall–Kier alpha value is -2.93. The van der Waals surface area contributed by atoms with Crippen LogP contribution in [0, 0.1) is 11.7 Å². The second-order valence-electron chi connectivity index (χ2n) is 8.94. The van der Waals surface area contributed by atoms with Crippen molar-refractivity contribution in [3.05, 3.63) is 65.5 Å². The van der Waals surface area contributed by atoms with E-state index in [-0.39, 0.29) is 29.6 Å². The molecule has 2 aliphatic heterocycles. The summed E-state index contributed by atoms with van der Waals surface area (Å²) in [7, 11) is 1.70. The monoisotopic (exact) mass is 453 g/mol. The molecule has 0 aromatic heterocycles.